The summed E-state index contributed by atoms with van der Waals surface area (Å²) >= 11 is 1.64. The van der Waals surface area contributed by atoms with Crippen molar-refractivity contribution in [2.24, 2.45) is 0 Å². The van der Waals surface area contributed by atoms with Gasteiger partial charge in [-0.25, -0.2) is 0 Å². The third-order valence-corrected chi connectivity index (χ3v) is 14.5. The van der Waals surface area contributed by atoms with E-state index < -0.39 is 5.43 Å². The summed E-state index contributed by atoms with van der Waals surface area (Å²) in [4.78, 5) is 0. The van der Waals surface area contributed by atoms with E-state index in [1.807, 2.05) is 0 Å². The summed E-state index contributed by atoms with van der Waals surface area (Å²) in [6.07, 6.45) is 1.05. The molecule has 228 valence electrons. The van der Waals surface area contributed by atoms with Crippen LogP contribution in [0.2, 0.25) is 0 Å². The molecule has 5 aromatic rings. The molecule has 6 rings (SSSR count). The molecule has 0 N–H and O–H groups in total. The van der Waals surface area contributed by atoms with Crippen molar-refractivity contribution in [1.29, 1.82) is 0 Å². The molecule has 0 amide bonds. The SMILES string of the molecule is CC(C)c1[c-]c2c(cc1)-c1ccc(C(C)C)cc1C2.Cc1[cH-]c(C)c(C)c1C.[Cl-].[Cl-].[Zr+2]=[Si](c1ccccc1)c1ccccc1. The summed E-state index contributed by atoms with van der Waals surface area (Å²) in [6.45, 7) is 17.7. The fourth-order valence-corrected chi connectivity index (χ4v) is 9.21. The Labute approximate surface area is 294 Å². The number of rotatable bonds is 4. The number of benzene rings is 4. The Morgan fingerprint density at radius 2 is 1.16 bits per heavy atom. The summed E-state index contributed by atoms with van der Waals surface area (Å²) in [7, 11) is 0. The van der Waals surface area contributed by atoms with Crippen LogP contribution >= 0.6 is 0 Å². The van der Waals surface area contributed by atoms with E-state index in [1.165, 1.54) is 66.0 Å². The summed E-state index contributed by atoms with van der Waals surface area (Å²) in [5.41, 5.74) is 13.7. The first-order valence-electron chi connectivity index (χ1n) is 15.1. The Kier molecular flexibility index (Phi) is 15.2. The normalized spacial score (nSPS) is 10.8. The van der Waals surface area contributed by atoms with Gasteiger partial charge in [0.2, 0.25) is 0 Å². The van der Waals surface area contributed by atoms with Crippen molar-refractivity contribution in [2.75, 3.05) is 0 Å². The van der Waals surface area contributed by atoms with Gasteiger partial charge in [-0.15, -0.1) is 11.1 Å². The van der Waals surface area contributed by atoms with Gasteiger partial charge in [-0.2, -0.15) is 52.1 Å². The van der Waals surface area contributed by atoms with E-state index in [0.29, 0.717) is 11.8 Å². The Hall–Kier alpha value is -2.09. The van der Waals surface area contributed by atoms with Crippen LogP contribution in [0.3, 0.4) is 0 Å². The molecule has 0 saturated heterocycles. The second-order valence-corrected chi connectivity index (χ2v) is 17.7. The average Bonchev–Trinajstić information content (AvgIpc) is 3.48. The van der Waals surface area contributed by atoms with Crippen LogP contribution in [-0.2, 0) is 29.8 Å². The molecule has 0 bridgehead atoms. The van der Waals surface area contributed by atoms with Crippen molar-refractivity contribution in [3.63, 3.8) is 0 Å². The van der Waals surface area contributed by atoms with Gasteiger partial charge in [0, 0.05) is 0 Å². The van der Waals surface area contributed by atoms with Crippen LogP contribution in [0.4, 0.5) is 0 Å². The molecular weight excluding hydrogens is 671 g/mol. The first-order chi connectivity index (χ1) is 20.1. The molecule has 1 aliphatic rings. The topological polar surface area (TPSA) is 0 Å². The molecule has 0 saturated carbocycles. The van der Waals surface area contributed by atoms with Gasteiger partial charge in [0.15, 0.2) is 0 Å². The van der Waals surface area contributed by atoms with E-state index in [4.69, 9.17) is 0 Å². The standard InChI is InChI=1S/C19H21.C12H10Si.C9H13.2ClH.Zr/c1-12(2)14-5-7-18-16(9-14)11-17-10-15(13(3)4)6-8-19(17)18;1-3-7-11(8-4-1)13-12-9-5-2-6-10-12;1-6-5-7(2)9(4)8(6)3;;;/h5-9,12-13H,11H2,1-4H3;1-10H;5H,1-4H3;2*1H;/q-1;;-1;;;+2/p-2. The molecule has 5 aromatic carbocycles. The van der Waals surface area contributed by atoms with Gasteiger partial charge in [0.25, 0.3) is 0 Å². The zero-order valence-corrected chi connectivity index (χ0v) is 32.3. The Balaban J connectivity index is 0.000000240. The number of hydrogen-bond donors (Lipinski definition) is 0. The van der Waals surface area contributed by atoms with Crippen molar-refractivity contribution >= 4 is 15.8 Å². The third kappa shape index (κ3) is 9.46. The number of aryl methyl sites for hydroxylation is 2. The Morgan fingerprint density at radius 3 is 1.59 bits per heavy atom. The molecule has 0 spiro atoms. The van der Waals surface area contributed by atoms with E-state index in [-0.39, 0.29) is 24.8 Å². The quantitative estimate of drug-likeness (QED) is 0.195. The van der Waals surface area contributed by atoms with Crippen molar-refractivity contribution < 1.29 is 48.1 Å². The fraction of sp³-hybridized carbons (Fsp3) is 0.275. The van der Waals surface area contributed by atoms with Crippen LogP contribution in [0.15, 0.2) is 97.1 Å². The molecule has 0 aliphatic heterocycles. The predicted molar refractivity (Wildman–Crippen MR) is 181 cm³/mol. The van der Waals surface area contributed by atoms with Crippen molar-refractivity contribution in [3.8, 4) is 11.1 Å². The zero-order valence-electron chi connectivity index (χ0n) is 27.4. The van der Waals surface area contributed by atoms with E-state index in [9.17, 15) is 0 Å². The number of hydrogen-bond acceptors (Lipinski definition) is 0. The maximum atomic E-state index is 3.62. The van der Waals surface area contributed by atoms with Crippen LogP contribution < -0.4 is 35.2 Å². The van der Waals surface area contributed by atoms with E-state index in [2.05, 4.69) is 159 Å². The average molecular weight is 715 g/mol. The Bertz CT molecular complexity index is 1530. The molecule has 0 heterocycles. The minimum atomic E-state index is -0.455. The van der Waals surface area contributed by atoms with Crippen LogP contribution in [0, 0.1) is 33.8 Å². The molecule has 1 aliphatic carbocycles. The molecule has 0 unspecified atom stereocenters. The first kappa shape index (κ1) is 38.1. The van der Waals surface area contributed by atoms with Gasteiger partial charge in [-0.3, -0.25) is 0 Å². The second kappa shape index (κ2) is 17.6. The first-order valence-corrected chi connectivity index (χ1v) is 20.3. The van der Waals surface area contributed by atoms with Crippen LogP contribution in [-0.4, -0.2) is 5.43 Å². The van der Waals surface area contributed by atoms with Crippen LogP contribution in [0.1, 0.15) is 84.0 Å². The summed E-state index contributed by atoms with van der Waals surface area (Å²) in [5, 5.41) is 3.03. The van der Waals surface area contributed by atoms with Crippen molar-refractivity contribution in [3.05, 3.63) is 148 Å². The zero-order chi connectivity index (χ0) is 30.4. The summed E-state index contributed by atoms with van der Waals surface area (Å²) < 4.78 is 0. The molecule has 0 atom stereocenters. The van der Waals surface area contributed by atoms with E-state index in [0.717, 1.165) is 6.42 Å². The van der Waals surface area contributed by atoms with Gasteiger partial charge in [-0.05, 0) is 29.4 Å². The maximum absolute atomic E-state index is 3.62. The van der Waals surface area contributed by atoms with E-state index in [1.54, 1.807) is 23.3 Å². The van der Waals surface area contributed by atoms with Gasteiger partial charge in [0.05, 0.1) is 0 Å². The summed E-state index contributed by atoms with van der Waals surface area (Å²) in [5.74, 6) is 1.16. The van der Waals surface area contributed by atoms with Crippen molar-refractivity contribution in [1.82, 2.24) is 0 Å². The van der Waals surface area contributed by atoms with Gasteiger partial charge in [-0.1, -0.05) is 79.2 Å². The van der Waals surface area contributed by atoms with Gasteiger partial charge in [0.1, 0.15) is 0 Å². The monoisotopic (exact) mass is 712 g/mol. The molecule has 0 radical (unpaired) electrons. The number of fused-ring (bicyclic) bond motifs is 3. The van der Waals surface area contributed by atoms with Gasteiger partial charge >= 0.3 is 99.8 Å². The van der Waals surface area contributed by atoms with Crippen LogP contribution in [0.5, 0.6) is 0 Å². The molecule has 44 heavy (non-hydrogen) atoms. The third-order valence-electron chi connectivity index (χ3n) is 8.43. The fourth-order valence-electron chi connectivity index (χ4n) is 5.37. The minimum absolute atomic E-state index is 0. The molecule has 0 aromatic heterocycles. The molecular formula is C40H44Cl2SiZr-2. The number of halogens is 2. The Morgan fingerprint density at radius 1 is 0.659 bits per heavy atom. The van der Waals surface area contributed by atoms with E-state index >= 15 is 0 Å². The molecule has 0 fully saturated rings. The summed E-state index contributed by atoms with van der Waals surface area (Å²) in [6, 6.07) is 39.0. The van der Waals surface area contributed by atoms with Crippen molar-refractivity contribution in [2.45, 2.75) is 73.6 Å². The predicted octanol–water partition coefficient (Wildman–Crippen LogP) is 3.29. The van der Waals surface area contributed by atoms with Gasteiger partial charge < -0.3 is 24.8 Å². The molecule has 4 heteroatoms. The molecule has 0 nitrogen and oxygen atoms in total. The van der Waals surface area contributed by atoms with Crippen LogP contribution in [0.25, 0.3) is 11.1 Å². The second-order valence-electron chi connectivity index (χ2n) is 12.1.